The largest absolute Gasteiger partial charge is 0.493 e. The van der Waals surface area contributed by atoms with Gasteiger partial charge in [0.15, 0.2) is 5.78 Å². The third-order valence-corrected chi connectivity index (χ3v) is 2.99. The number of methoxy groups -OCH3 is 1. The summed E-state index contributed by atoms with van der Waals surface area (Å²) in [6, 6.07) is 4.93. The molecule has 0 aromatic heterocycles. The summed E-state index contributed by atoms with van der Waals surface area (Å²) in [5.74, 6) is 0.177. The molecule has 0 bridgehead atoms. The molecule has 1 unspecified atom stereocenters. The van der Waals surface area contributed by atoms with Crippen LogP contribution < -0.4 is 10.1 Å². The second kappa shape index (κ2) is 5.84. The molecule has 5 nitrogen and oxygen atoms in total. The first-order valence-corrected chi connectivity index (χ1v) is 6.18. The van der Waals surface area contributed by atoms with Crippen LogP contribution in [0, 0.1) is 6.92 Å². The standard InChI is InChI=1S/C14H17NO4/c1-9-3-4-12-10(7-9)14(17)11(5-6-19-12)15-13(16)8-18-2/h3-4,7,11H,5-6,8H2,1-2H3,(H,15,16). The topological polar surface area (TPSA) is 64.6 Å². The van der Waals surface area contributed by atoms with E-state index in [1.807, 2.05) is 13.0 Å². The van der Waals surface area contributed by atoms with Gasteiger partial charge in [0.25, 0.3) is 0 Å². The molecule has 1 N–H and O–H groups in total. The molecule has 0 spiro atoms. The number of ether oxygens (including phenoxy) is 2. The minimum atomic E-state index is -0.550. The van der Waals surface area contributed by atoms with Gasteiger partial charge < -0.3 is 14.8 Å². The highest BCUT2D eigenvalue weighted by Gasteiger charge is 2.27. The number of fused-ring (bicyclic) bond motifs is 1. The Bertz CT molecular complexity index is 498. The van der Waals surface area contributed by atoms with E-state index in [1.165, 1.54) is 7.11 Å². The number of nitrogens with one attached hydrogen (secondary N) is 1. The van der Waals surface area contributed by atoms with E-state index in [4.69, 9.17) is 9.47 Å². The Kier molecular flexibility index (Phi) is 4.16. The molecular weight excluding hydrogens is 246 g/mol. The van der Waals surface area contributed by atoms with Crippen LogP contribution >= 0.6 is 0 Å². The summed E-state index contributed by atoms with van der Waals surface area (Å²) in [4.78, 5) is 23.9. The minimum absolute atomic E-state index is 0.0503. The highest BCUT2D eigenvalue weighted by atomic mass is 16.5. The minimum Gasteiger partial charge on any atom is -0.493 e. The van der Waals surface area contributed by atoms with Gasteiger partial charge >= 0.3 is 0 Å². The maximum absolute atomic E-state index is 12.4. The molecule has 1 aromatic rings. The van der Waals surface area contributed by atoms with Crippen molar-refractivity contribution in [1.29, 1.82) is 0 Å². The monoisotopic (exact) mass is 263 g/mol. The summed E-state index contributed by atoms with van der Waals surface area (Å²) in [5, 5.41) is 2.68. The Balaban J connectivity index is 2.20. The lowest BCUT2D eigenvalue weighted by Crippen LogP contribution is -2.42. The quantitative estimate of drug-likeness (QED) is 0.886. The molecule has 1 atom stereocenters. The summed E-state index contributed by atoms with van der Waals surface area (Å²) in [6.07, 6.45) is 0.460. The normalized spacial score (nSPS) is 18.2. The molecule has 0 fully saturated rings. The van der Waals surface area contributed by atoms with Crippen LogP contribution in [0.3, 0.4) is 0 Å². The Morgan fingerprint density at radius 2 is 2.32 bits per heavy atom. The van der Waals surface area contributed by atoms with E-state index in [-0.39, 0.29) is 18.3 Å². The van der Waals surface area contributed by atoms with E-state index < -0.39 is 6.04 Å². The number of hydrogen-bond donors (Lipinski definition) is 1. The fraction of sp³-hybridized carbons (Fsp3) is 0.429. The number of ketones is 1. The van der Waals surface area contributed by atoms with Gasteiger partial charge in [0.1, 0.15) is 12.4 Å². The zero-order valence-electron chi connectivity index (χ0n) is 11.1. The van der Waals surface area contributed by atoms with Crippen molar-refractivity contribution in [3.63, 3.8) is 0 Å². The number of hydrogen-bond acceptors (Lipinski definition) is 4. The van der Waals surface area contributed by atoms with Crippen molar-refractivity contribution in [2.75, 3.05) is 20.3 Å². The van der Waals surface area contributed by atoms with Gasteiger partial charge in [0.2, 0.25) is 5.91 Å². The van der Waals surface area contributed by atoms with E-state index >= 15 is 0 Å². The molecule has 1 aliphatic rings. The van der Waals surface area contributed by atoms with Gasteiger partial charge in [-0.3, -0.25) is 9.59 Å². The third-order valence-electron chi connectivity index (χ3n) is 2.99. The maximum Gasteiger partial charge on any atom is 0.246 e. The first kappa shape index (κ1) is 13.5. The summed E-state index contributed by atoms with van der Waals surface area (Å²) in [5.41, 5.74) is 1.51. The predicted octanol–water partition coefficient (Wildman–Crippen LogP) is 1.09. The van der Waals surface area contributed by atoms with Crippen LogP contribution in [0.2, 0.25) is 0 Å². The van der Waals surface area contributed by atoms with Gasteiger partial charge in [-0.05, 0) is 19.1 Å². The van der Waals surface area contributed by atoms with Gasteiger partial charge in [0.05, 0.1) is 18.2 Å². The fourth-order valence-corrected chi connectivity index (χ4v) is 2.07. The van der Waals surface area contributed by atoms with Crippen LogP contribution in [0.15, 0.2) is 18.2 Å². The van der Waals surface area contributed by atoms with Crippen LogP contribution in [0.25, 0.3) is 0 Å². The Morgan fingerprint density at radius 1 is 1.53 bits per heavy atom. The van der Waals surface area contributed by atoms with Crippen LogP contribution in [0.1, 0.15) is 22.3 Å². The summed E-state index contributed by atoms with van der Waals surface area (Å²) >= 11 is 0. The molecule has 19 heavy (non-hydrogen) atoms. The van der Waals surface area contributed by atoms with Crippen molar-refractivity contribution in [3.8, 4) is 5.75 Å². The van der Waals surface area contributed by atoms with Crippen LogP contribution in [-0.2, 0) is 9.53 Å². The molecule has 1 amide bonds. The average Bonchev–Trinajstić information content (AvgIpc) is 2.51. The molecule has 5 heteroatoms. The first-order chi connectivity index (χ1) is 9.11. The Hall–Kier alpha value is -1.88. The Morgan fingerprint density at radius 3 is 3.05 bits per heavy atom. The lowest BCUT2D eigenvalue weighted by molar-refractivity contribution is -0.125. The smallest absolute Gasteiger partial charge is 0.246 e. The van der Waals surface area contributed by atoms with Crippen molar-refractivity contribution < 1.29 is 19.1 Å². The fourth-order valence-electron chi connectivity index (χ4n) is 2.07. The molecule has 102 valence electrons. The second-order valence-electron chi connectivity index (χ2n) is 4.55. The summed E-state index contributed by atoms with van der Waals surface area (Å²) in [7, 11) is 1.44. The van der Waals surface area contributed by atoms with E-state index in [0.29, 0.717) is 24.3 Å². The molecule has 0 saturated carbocycles. The van der Waals surface area contributed by atoms with Crippen LogP contribution in [-0.4, -0.2) is 38.1 Å². The average molecular weight is 263 g/mol. The van der Waals surface area contributed by atoms with Crippen molar-refractivity contribution in [3.05, 3.63) is 29.3 Å². The molecule has 1 heterocycles. The second-order valence-corrected chi connectivity index (χ2v) is 4.55. The van der Waals surface area contributed by atoms with Crippen molar-refractivity contribution in [1.82, 2.24) is 5.32 Å². The van der Waals surface area contributed by atoms with Crippen molar-refractivity contribution >= 4 is 11.7 Å². The number of carbonyl (C=O) groups excluding carboxylic acids is 2. The molecule has 1 aliphatic heterocycles. The van der Waals surface area contributed by atoms with E-state index in [1.54, 1.807) is 12.1 Å². The van der Waals surface area contributed by atoms with Gasteiger partial charge in [-0.2, -0.15) is 0 Å². The molecular formula is C14H17NO4. The Labute approximate surface area is 111 Å². The van der Waals surface area contributed by atoms with Crippen LogP contribution in [0.4, 0.5) is 0 Å². The SMILES string of the molecule is COCC(=O)NC1CCOc2ccc(C)cc2C1=O. The van der Waals surface area contributed by atoms with Gasteiger partial charge in [-0.25, -0.2) is 0 Å². The van der Waals surface area contributed by atoms with Gasteiger partial charge in [0, 0.05) is 13.5 Å². The number of aryl methyl sites for hydroxylation is 1. The zero-order valence-corrected chi connectivity index (χ0v) is 11.1. The van der Waals surface area contributed by atoms with Gasteiger partial charge in [-0.1, -0.05) is 11.6 Å². The van der Waals surface area contributed by atoms with Crippen LogP contribution in [0.5, 0.6) is 5.75 Å². The lowest BCUT2D eigenvalue weighted by Gasteiger charge is -2.14. The predicted molar refractivity (Wildman–Crippen MR) is 69.4 cm³/mol. The third kappa shape index (κ3) is 3.12. The van der Waals surface area contributed by atoms with Crippen molar-refractivity contribution in [2.45, 2.75) is 19.4 Å². The summed E-state index contributed by atoms with van der Waals surface area (Å²) in [6.45, 7) is 2.27. The van der Waals surface area contributed by atoms with E-state index in [9.17, 15) is 9.59 Å². The highest BCUT2D eigenvalue weighted by Crippen LogP contribution is 2.25. The molecule has 2 rings (SSSR count). The molecule has 0 aliphatic carbocycles. The number of amides is 1. The summed E-state index contributed by atoms with van der Waals surface area (Å²) < 4.78 is 10.3. The zero-order chi connectivity index (χ0) is 13.8. The van der Waals surface area contributed by atoms with E-state index in [0.717, 1.165) is 5.56 Å². The first-order valence-electron chi connectivity index (χ1n) is 6.18. The highest BCUT2D eigenvalue weighted by molar-refractivity contribution is 6.04. The number of rotatable bonds is 3. The van der Waals surface area contributed by atoms with Gasteiger partial charge in [-0.15, -0.1) is 0 Å². The number of carbonyl (C=O) groups is 2. The lowest BCUT2D eigenvalue weighted by atomic mass is 10.0. The number of benzene rings is 1. The van der Waals surface area contributed by atoms with Crippen molar-refractivity contribution in [2.24, 2.45) is 0 Å². The van der Waals surface area contributed by atoms with E-state index in [2.05, 4.69) is 5.32 Å². The molecule has 0 radical (unpaired) electrons. The molecule has 0 saturated heterocycles. The molecule has 1 aromatic carbocycles. The number of Topliss-reactive ketones (excluding diaryl/α,β-unsaturated/α-hetero) is 1. The maximum atomic E-state index is 12.4.